The van der Waals surface area contributed by atoms with E-state index in [0.29, 0.717) is 27.5 Å². The summed E-state index contributed by atoms with van der Waals surface area (Å²) in [6.45, 7) is 1.82. The second-order valence-corrected chi connectivity index (χ2v) is 6.48. The third-order valence-electron chi connectivity index (χ3n) is 3.80. The van der Waals surface area contributed by atoms with Gasteiger partial charge in [0.2, 0.25) is 0 Å². The van der Waals surface area contributed by atoms with Crippen molar-refractivity contribution in [2.24, 2.45) is 0 Å². The van der Waals surface area contributed by atoms with Gasteiger partial charge in [-0.05, 0) is 24.1 Å². The molecule has 2 amide bonds. The highest BCUT2D eigenvalue weighted by atomic mass is 32.2. The van der Waals surface area contributed by atoms with E-state index in [-0.39, 0.29) is 18.4 Å². The van der Waals surface area contributed by atoms with Crippen LogP contribution in [0.15, 0.2) is 59.5 Å². The summed E-state index contributed by atoms with van der Waals surface area (Å²) >= 11 is 1.22. The van der Waals surface area contributed by atoms with Gasteiger partial charge in [0.1, 0.15) is 0 Å². The van der Waals surface area contributed by atoms with Crippen LogP contribution in [0.5, 0.6) is 0 Å². The number of thioether (sulfide) groups is 1. The zero-order valence-electron chi connectivity index (χ0n) is 13.2. The van der Waals surface area contributed by atoms with E-state index in [0.717, 1.165) is 5.56 Å². The normalized spacial score (nSPS) is 14.7. The van der Waals surface area contributed by atoms with Gasteiger partial charge in [0.15, 0.2) is 0 Å². The molecule has 24 heavy (non-hydrogen) atoms. The Morgan fingerprint density at radius 3 is 2.29 bits per heavy atom. The fourth-order valence-corrected chi connectivity index (χ4v) is 3.54. The number of aryl methyl sites for hydroxylation is 1. The van der Waals surface area contributed by atoms with E-state index in [4.69, 9.17) is 5.11 Å². The molecule has 0 fully saturated rings. The quantitative estimate of drug-likeness (QED) is 0.851. The minimum absolute atomic E-state index is 0.0535. The number of hydrogen-bond acceptors (Lipinski definition) is 4. The van der Waals surface area contributed by atoms with Crippen molar-refractivity contribution in [3.05, 3.63) is 70.6 Å². The summed E-state index contributed by atoms with van der Waals surface area (Å²) in [5, 5.41) is 9.11. The van der Waals surface area contributed by atoms with Crippen LogP contribution >= 0.6 is 11.8 Å². The molecule has 0 saturated carbocycles. The summed E-state index contributed by atoms with van der Waals surface area (Å²) < 4.78 is 0. The van der Waals surface area contributed by atoms with Crippen molar-refractivity contribution in [2.45, 2.75) is 6.92 Å². The van der Waals surface area contributed by atoms with Crippen LogP contribution in [0.4, 0.5) is 5.69 Å². The van der Waals surface area contributed by atoms with Crippen LogP contribution in [-0.2, 0) is 9.59 Å². The Morgan fingerprint density at radius 1 is 0.958 bits per heavy atom. The van der Waals surface area contributed by atoms with Crippen LogP contribution in [-0.4, -0.2) is 29.3 Å². The molecule has 2 aromatic rings. The van der Waals surface area contributed by atoms with E-state index in [1.165, 1.54) is 16.7 Å². The number of aliphatic hydroxyl groups excluding tert-OH is 1. The number of benzene rings is 2. The van der Waals surface area contributed by atoms with Gasteiger partial charge in [-0.15, -0.1) is 11.8 Å². The predicted molar refractivity (Wildman–Crippen MR) is 96.6 cm³/mol. The lowest BCUT2D eigenvalue weighted by Gasteiger charge is -2.17. The van der Waals surface area contributed by atoms with Gasteiger partial charge in [-0.1, -0.05) is 48.5 Å². The molecule has 0 saturated heterocycles. The summed E-state index contributed by atoms with van der Waals surface area (Å²) in [5.41, 5.74) is 2.58. The highest BCUT2D eigenvalue weighted by Crippen LogP contribution is 2.38. The number of rotatable bonds is 5. The highest BCUT2D eigenvalue weighted by molar-refractivity contribution is 8.04. The first-order chi connectivity index (χ1) is 11.6. The number of nitrogens with zero attached hydrogens (tertiary/aromatic N) is 1. The Balaban J connectivity index is 2.09. The number of anilines is 1. The predicted octanol–water partition coefficient (Wildman–Crippen LogP) is 3.01. The first kappa shape index (κ1) is 16.5. The van der Waals surface area contributed by atoms with Crippen LogP contribution in [0.3, 0.4) is 0 Å². The van der Waals surface area contributed by atoms with Gasteiger partial charge in [0, 0.05) is 5.75 Å². The number of carbonyl (C=O) groups is 2. The fourth-order valence-electron chi connectivity index (χ4n) is 2.68. The molecule has 5 heteroatoms. The molecule has 3 rings (SSSR count). The van der Waals surface area contributed by atoms with E-state index < -0.39 is 0 Å². The summed E-state index contributed by atoms with van der Waals surface area (Å²) in [6, 6.07) is 16.5. The number of imide groups is 1. The van der Waals surface area contributed by atoms with Crippen molar-refractivity contribution in [3.63, 3.8) is 0 Å². The largest absolute Gasteiger partial charge is 0.396 e. The van der Waals surface area contributed by atoms with Crippen molar-refractivity contribution >= 4 is 34.8 Å². The lowest BCUT2D eigenvalue weighted by Crippen LogP contribution is -2.31. The molecule has 0 bridgehead atoms. The third kappa shape index (κ3) is 2.88. The van der Waals surface area contributed by atoms with Crippen molar-refractivity contribution in [1.29, 1.82) is 0 Å². The molecule has 0 aliphatic carbocycles. The minimum atomic E-state index is -0.327. The molecule has 1 N–H and O–H groups in total. The Hall–Kier alpha value is -2.37. The maximum absolute atomic E-state index is 13.0. The van der Waals surface area contributed by atoms with Crippen molar-refractivity contribution in [1.82, 2.24) is 0 Å². The highest BCUT2D eigenvalue weighted by Gasteiger charge is 2.40. The van der Waals surface area contributed by atoms with Gasteiger partial charge in [-0.25, -0.2) is 4.90 Å². The number of para-hydroxylation sites is 1. The van der Waals surface area contributed by atoms with Gasteiger partial charge < -0.3 is 5.11 Å². The van der Waals surface area contributed by atoms with Crippen LogP contribution in [0.1, 0.15) is 11.1 Å². The summed E-state index contributed by atoms with van der Waals surface area (Å²) in [7, 11) is 0. The van der Waals surface area contributed by atoms with Crippen LogP contribution in [0.25, 0.3) is 5.57 Å². The van der Waals surface area contributed by atoms with Crippen molar-refractivity contribution < 1.29 is 14.7 Å². The molecule has 1 aliphatic heterocycles. The SMILES string of the molecule is Cc1ccccc1N1C(=O)C(SCCO)=C(c2ccccc2)C1=O. The number of hydrogen-bond donors (Lipinski definition) is 1. The maximum atomic E-state index is 13.0. The van der Waals surface area contributed by atoms with Crippen molar-refractivity contribution in [3.8, 4) is 0 Å². The standard InChI is InChI=1S/C19H17NO3S/c1-13-7-5-6-10-15(13)20-18(22)16(14-8-3-2-4-9-14)17(19(20)23)24-12-11-21/h2-10,21H,11-12H2,1H3. The molecular weight excluding hydrogens is 322 g/mol. The average molecular weight is 339 g/mol. The number of aliphatic hydroxyl groups is 1. The molecule has 2 aromatic carbocycles. The maximum Gasteiger partial charge on any atom is 0.272 e. The van der Waals surface area contributed by atoms with E-state index in [1.54, 1.807) is 6.07 Å². The van der Waals surface area contributed by atoms with Gasteiger partial charge >= 0.3 is 0 Å². The van der Waals surface area contributed by atoms with Gasteiger partial charge in [0.25, 0.3) is 11.8 Å². The zero-order valence-corrected chi connectivity index (χ0v) is 14.0. The van der Waals surface area contributed by atoms with Crippen molar-refractivity contribution in [2.75, 3.05) is 17.3 Å². The smallest absolute Gasteiger partial charge is 0.272 e. The minimum Gasteiger partial charge on any atom is -0.396 e. The van der Waals surface area contributed by atoms with Gasteiger partial charge in [0.05, 0.1) is 22.8 Å². The van der Waals surface area contributed by atoms with E-state index in [9.17, 15) is 9.59 Å². The molecule has 1 heterocycles. The molecule has 0 unspecified atom stereocenters. The average Bonchev–Trinajstić information content (AvgIpc) is 2.84. The molecular formula is C19H17NO3S. The second-order valence-electron chi connectivity index (χ2n) is 5.37. The van der Waals surface area contributed by atoms with E-state index in [1.807, 2.05) is 55.5 Å². The second kappa shape index (κ2) is 7.03. The summed E-state index contributed by atoms with van der Waals surface area (Å²) in [5.74, 6) is -0.278. The van der Waals surface area contributed by atoms with E-state index in [2.05, 4.69) is 0 Å². The molecule has 0 spiro atoms. The Bertz CT molecular complexity index is 814. The van der Waals surface area contributed by atoms with Crippen LogP contribution in [0, 0.1) is 6.92 Å². The molecule has 1 aliphatic rings. The monoisotopic (exact) mass is 339 g/mol. The Morgan fingerprint density at radius 2 is 1.62 bits per heavy atom. The molecule has 4 nitrogen and oxygen atoms in total. The fraction of sp³-hybridized carbons (Fsp3) is 0.158. The zero-order chi connectivity index (χ0) is 17.1. The Kier molecular flexibility index (Phi) is 4.83. The molecule has 0 radical (unpaired) electrons. The number of amides is 2. The first-order valence-electron chi connectivity index (χ1n) is 7.63. The van der Waals surface area contributed by atoms with Gasteiger partial charge in [-0.2, -0.15) is 0 Å². The molecule has 0 atom stereocenters. The topological polar surface area (TPSA) is 57.6 Å². The lowest BCUT2D eigenvalue weighted by atomic mass is 10.1. The third-order valence-corrected chi connectivity index (χ3v) is 4.85. The Labute approximate surface area is 144 Å². The van der Waals surface area contributed by atoms with E-state index >= 15 is 0 Å². The first-order valence-corrected chi connectivity index (χ1v) is 8.61. The van der Waals surface area contributed by atoms with Gasteiger partial charge in [-0.3, -0.25) is 9.59 Å². The summed E-state index contributed by atoms with van der Waals surface area (Å²) in [4.78, 5) is 27.5. The summed E-state index contributed by atoms with van der Waals surface area (Å²) in [6.07, 6.45) is 0. The molecule has 122 valence electrons. The number of carbonyl (C=O) groups excluding carboxylic acids is 2. The van der Waals surface area contributed by atoms with Crippen LogP contribution in [0.2, 0.25) is 0 Å². The lowest BCUT2D eigenvalue weighted by molar-refractivity contribution is -0.119. The van der Waals surface area contributed by atoms with Crippen LogP contribution < -0.4 is 4.90 Å². The molecule has 0 aromatic heterocycles.